The Bertz CT molecular complexity index is 524. The minimum atomic E-state index is -0.821. The maximum atomic E-state index is 12.2. The van der Waals surface area contributed by atoms with E-state index in [-0.39, 0.29) is 12.5 Å². The van der Waals surface area contributed by atoms with E-state index in [2.05, 4.69) is 5.32 Å². The Balaban J connectivity index is 2.06. The van der Waals surface area contributed by atoms with Crippen molar-refractivity contribution in [3.63, 3.8) is 0 Å². The average molecular weight is 293 g/mol. The summed E-state index contributed by atoms with van der Waals surface area (Å²) in [4.78, 5) is 23.9. The molecule has 1 aromatic heterocycles. The van der Waals surface area contributed by atoms with Crippen molar-refractivity contribution in [1.82, 2.24) is 5.32 Å². The van der Waals surface area contributed by atoms with Crippen LogP contribution in [0.2, 0.25) is 0 Å². The molecule has 0 spiro atoms. The molecule has 1 aromatic rings. The van der Waals surface area contributed by atoms with E-state index in [4.69, 9.17) is 4.42 Å². The number of nitrogens with one attached hydrogen (secondary N) is 1. The first kappa shape index (κ1) is 15.6. The number of carboxylic acid groups (broad SMARTS) is 1. The summed E-state index contributed by atoms with van der Waals surface area (Å²) in [5.41, 5.74) is -0.333. The van der Waals surface area contributed by atoms with Gasteiger partial charge >= 0.3 is 5.97 Å². The van der Waals surface area contributed by atoms with Crippen molar-refractivity contribution >= 4 is 11.9 Å². The van der Waals surface area contributed by atoms with Crippen molar-refractivity contribution < 1.29 is 19.1 Å². The molecule has 0 atom stereocenters. The van der Waals surface area contributed by atoms with Gasteiger partial charge in [0.15, 0.2) is 0 Å². The highest BCUT2D eigenvalue weighted by atomic mass is 16.4. The number of carbonyl (C=O) groups is 2. The van der Waals surface area contributed by atoms with Gasteiger partial charge in [0.05, 0.1) is 11.0 Å². The van der Waals surface area contributed by atoms with E-state index in [1.807, 2.05) is 0 Å². The van der Waals surface area contributed by atoms with Crippen LogP contribution in [0.3, 0.4) is 0 Å². The highest BCUT2D eigenvalue weighted by Crippen LogP contribution is 2.35. The SMILES string of the molecule is Cc1cc(C(=O)NCC2(C(=O)O)CCCCCC2)c(C)o1. The molecule has 21 heavy (non-hydrogen) atoms. The van der Waals surface area contributed by atoms with Gasteiger partial charge in [0.1, 0.15) is 11.5 Å². The van der Waals surface area contributed by atoms with E-state index in [1.54, 1.807) is 19.9 Å². The summed E-state index contributed by atoms with van der Waals surface area (Å²) in [5, 5.41) is 12.4. The summed E-state index contributed by atoms with van der Waals surface area (Å²) in [5.74, 6) is 0.189. The molecule has 0 bridgehead atoms. The van der Waals surface area contributed by atoms with Gasteiger partial charge in [-0.2, -0.15) is 0 Å². The lowest BCUT2D eigenvalue weighted by Gasteiger charge is -2.28. The maximum absolute atomic E-state index is 12.2. The van der Waals surface area contributed by atoms with Crippen molar-refractivity contribution in [2.75, 3.05) is 6.54 Å². The second kappa shape index (κ2) is 6.33. The first-order chi connectivity index (χ1) is 9.94. The second-order valence-electron chi connectivity index (χ2n) is 6.01. The molecule has 1 amide bonds. The van der Waals surface area contributed by atoms with Gasteiger partial charge in [0.2, 0.25) is 0 Å². The van der Waals surface area contributed by atoms with E-state index in [0.29, 0.717) is 29.9 Å². The van der Waals surface area contributed by atoms with Crippen molar-refractivity contribution in [2.24, 2.45) is 5.41 Å². The number of carbonyl (C=O) groups excluding carboxylic acids is 1. The molecule has 2 rings (SSSR count). The number of carboxylic acids is 1. The van der Waals surface area contributed by atoms with Gasteiger partial charge < -0.3 is 14.8 Å². The van der Waals surface area contributed by atoms with Crippen LogP contribution < -0.4 is 5.32 Å². The van der Waals surface area contributed by atoms with Gasteiger partial charge in [0, 0.05) is 6.54 Å². The quantitative estimate of drug-likeness (QED) is 0.836. The predicted octanol–water partition coefficient (Wildman–Crippen LogP) is 3.05. The van der Waals surface area contributed by atoms with Crippen LogP contribution in [0.15, 0.2) is 10.5 Å². The molecule has 0 radical (unpaired) electrons. The number of amides is 1. The molecule has 1 saturated carbocycles. The summed E-state index contributed by atoms with van der Waals surface area (Å²) in [6.45, 7) is 3.71. The molecule has 1 fully saturated rings. The molecule has 5 nitrogen and oxygen atoms in total. The Hall–Kier alpha value is -1.78. The molecule has 1 heterocycles. The number of hydrogen-bond acceptors (Lipinski definition) is 3. The lowest BCUT2D eigenvalue weighted by Crippen LogP contribution is -2.43. The lowest BCUT2D eigenvalue weighted by molar-refractivity contribution is -0.149. The largest absolute Gasteiger partial charge is 0.481 e. The van der Waals surface area contributed by atoms with Crippen LogP contribution in [0.5, 0.6) is 0 Å². The second-order valence-corrected chi connectivity index (χ2v) is 6.01. The predicted molar refractivity (Wildman–Crippen MR) is 78.3 cm³/mol. The summed E-state index contributed by atoms with van der Waals surface area (Å²) in [6, 6.07) is 1.69. The fourth-order valence-corrected chi connectivity index (χ4v) is 3.07. The number of rotatable bonds is 4. The number of furan rings is 1. The molecule has 1 aliphatic rings. The number of aryl methyl sites for hydroxylation is 2. The Morgan fingerprint density at radius 2 is 1.86 bits per heavy atom. The van der Waals surface area contributed by atoms with E-state index in [9.17, 15) is 14.7 Å². The van der Waals surface area contributed by atoms with E-state index < -0.39 is 11.4 Å². The zero-order valence-corrected chi connectivity index (χ0v) is 12.7. The van der Waals surface area contributed by atoms with Gasteiger partial charge in [-0.1, -0.05) is 25.7 Å². The van der Waals surface area contributed by atoms with Crippen LogP contribution in [0.1, 0.15) is 60.4 Å². The van der Waals surface area contributed by atoms with Gasteiger partial charge in [-0.3, -0.25) is 9.59 Å². The van der Waals surface area contributed by atoms with Gasteiger partial charge in [-0.05, 0) is 32.8 Å². The molecule has 5 heteroatoms. The van der Waals surface area contributed by atoms with Crippen molar-refractivity contribution in [1.29, 1.82) is 0 Å². The number of hydrogen-bond donors (Lipinski definition) is 2. The standard InChI is InChI=1S/C16H23NO4/c1-11-9-13(12(2)21-11)14(18)17-10-16(15(19)20)7-5-3-4-6-8-16/h9H,3-8,10H2,1-2H3,(H,17,18)(H,19,20). The molecule has 1 aliphatic carbocycles. The minimum Gasteiger partial charge on any atom is -0.481 e. The first-order valence-electron chi connectivity index (χ1n) is 7.53. The summed E-state index contributed by atoms with van der Waals surface area (Å²) >= 11 is 0. The average Bonchev–Trinajstić information content (AvgIpc) is 2.65. The van der Waals surface area contributed by atoms with Crippen LogP contribution in [-0.2, 0) is 4.79 Å². The zero-order valence-electron chi connectivity index (χ0n) is 12.7. The topological polar surface area (TPSA) is 79.5 Å². The molecule has 2 N–H and O–H groups in total. The Morgan fingerprint density at radius 1 is 1.24 bits per heavy atom. The zero-order chi connectivity index (χ0) is 15.5. The van der Waals surface area contributed by atoms with E-state index in [0.717, 1.165) is 25.7 Å². The molecule has 0 saturated heterocycles. The summed E-state index contributed by atoms with van der Waals surface area (Å²) < 4.78 is 5.34. The van der Waals surface area contributed by atoms with Gasteiger partial charge in [0.25, 0.3) is 5.91 Å². The monoisotopic (exact) mass is 293 g/mol. The highest BCUT2D eigenvalue weighted by Gasteiger charge is 2.39. The molecule has 0 aliphatic heterocycles. The van der Waals surface area contributed by atoms with Crippen LogP contribution in [-0.4, -0.2) is 23.5 Å². The highest BCUT2D eigenvalue weighted by molar-refractivity contribution is 5.95. The summed E-state index contributed by atoms with van der Waals surface area (Å²) in [6.07, 6.45) is 5.22. The van der Waals surface area contributed by atoms with Gasteiger partial charge in [-0.15, -0.1) is 0 Å². The molecule has 0 aromatic carbocycles. The van der Waals surface area contributed by atoms with Crippen LogP contribution in [0.25, 0.3) is 0 Å². The van der Waals surface area contributed by atoms with Crippen molar-refractivity contribution in [2.45, 2.75) is 52.4 Å². The van der Waals surface area contributed by atoms with Crippen molar-refractivity contribution in [3.8, 4) is 0 Å². The lowest BCUT2D eigenvalue weighted by atomic mass is 9.80. The summed E-state index contributed by atoms with van der Waals surface area (Å²) in [7, 11) is 0. The van der Waals surface area contributed by atoms with Crippen molar-refractivity contribution in [3.05, 3.63) is 23.2 Å². The Kier molecular flexibility index (Phi) is 4.70. The van der Waals surface area contributed by atoms with E-state index >= 15 is 0 Å². The molecular weight excluding hydrogens is 270 g/mol. The Labute approximate surface area is 124 Å². The minimum absolute atomic E-state index is 0.185. The fraction of sp³-hybridized carbons (Fsp3) is 0.625. The van der Waals surface area contributed by atoms with Crippen LogP contribution >= 0.6 is 0 Å². The van der Waals surface area contributed by atoms with Crippen LogP contribution in [0.4, 0.5) is 0 Å². The molecular formula is C16H23NO4. The molecule has 116 valence electrons. The van der Waals surface area contributed by atoms with E-state index in [1.165, 1.54) is 0 Å². The molecule has 0 unspecified atom stereocenters. The third kappa shape index (κ3) is 3.46. The van der Waals surface area contributed by atoms with Crippen LogP contribution in [0, 0.1) is 19.3 Å². The Morgan fingerprint density at radius 3 is 2.33 bits per heavy atom. The fourth-order valence-electron chi connectivity index (χ4n) is 3.07. The normalized spacial score (nSPS) is 18.0. The first-order valence-corrected chi connectivity index (χ1v) is 7.53. The number of aliphatic carboxylic acids is 1. The smallest absolute Gasteiger partial charge is 0.311 e. The third-order valence-electron chi connectivity index (χ3n) is 4.39. The third-order valence-corrected chi connectivity index (χ3v) is 4.39. The van der Waals surface area contributed by atoms with Gasteiger partial charge in [-0.25, -0.2) is 0 Å². The maximum Gasteiger partial charge on any atom is 0.311 e.